The van der Waals surface area contributed by atoms with Gasteiger partial charge in [0.2, 0.25) is 5.91 Å². The van der Waals surface area contributed by atoms with Gasteiger partial charge in [-0.15, -0.1) is 0 Å². The van der Waals surface area contributed by atoms with Gasteiger partial charge >= 0.3 is 0 Å². The molecule has 2 nitrogen and oxygen atoms in total. The van der Waals surface area contributed by atoms with Crippen LogP contribution in [0, 0.1) is 0 Å². The highest BCUT2D eigenvalue weighted by Gasteiger charge is 2.12. The summed E-state index contributed by atoms with van der Waals surface area (Å²) in [6.45, 7) is 2.10. The molecule has 1 aliphatic rings. The largest absolute Gasteiger partial charge is 0.330 e. The second-order valence-electron chi connectivity index (χ2n) is 3.75. The molecule has 1 aliphatic carbocycles. The average molecular weight is 307 g/mol. The van der Waals surface area contributed by atoms with Crippen LogP contribution in [0.15, 0.2) is 11.8 Å². The van der Waals surface area contributed by atoms with Gasteiger partial charge in [0, 0.05) is 16.0 Å². The van der Waals surface area contributed by atoms with Crippen molar-refractivity contribution in [2.45, 2.75) is 49.4 Å². The molecule has 0 aromatic heterocycles. The molecule has 1 unspecified atom stereocenters. The first kappa shape index (κ1) is 12.0. The number of carbonyl (C=O) groups is 1. The smallest absolute Gasteiger partial charge is 0.224 e. The molecule has 0 aromatic rings. The molecule has 1 atom stereocenters. The molecule has 1 amide bonds. The van der Waals surface area contributed by atoms with E-state index in [1.54, 1.807) is 0 Å². The van der Waals surface area contributed by atoms with E-state index in [4.69, 9.17) is 0 Å². The predicted octanol–water partition coefficient (Wildman–Crippen LogP) is 3.16. The summed E-state index contributed by atoms with van der Waals surface area (Å²) < 4.78 is 0.754. The molecule has 80 valence electrons. The first-order chi connectivity index (χ1) is 6.72. The lowest BCUT2D eigenvalue weighted by Crippen LogP contribution is -2.24. The van der Waals surface area contributed by atoms with Crippen molar-refractivity contribution in [3.8, 4) is 0 Å². The highest BCUT2D eigenvalue weighted by atomic mass is 127. The highest BCUT2D eigenvalue weighted by Crippen LogP contribution is 2.22. The number of unbranched alkanes of at least 4 members (excludes halogenated alkanes) is 1. The van der Waals surface area contributed by atoms with Gasteiger partial charge in [0.05, 0.1) is 0 Å². The topological polar surface area (TPSA) is 29.1 Å². The third-order valence-corrected chi connectivity index (χ3v) is 3.54. The Balaban J connectivity index is 2.26. The van der Waals surface area contributed by atoms with Crippen molar-refractivity contribution in [2.75, 3.05) is 0 Å². The maximum absolute atomic E-state index is 11.4. The van der Waals surface area contributed by atoms with Crippen LogP contribution in [0.4, 0.5) is 0 Å². The fraction of sp³-hybridized carbons (Fsp3) is 0.727. The van der Waals surface area contributed by atoms with Crippen molar-refractivity contribution < 1.29 is 4.79 Å². The zero-order valence-corrected chi connectivity index (χ0v) is 10.8. The Morgan fingerprint density at radius 3 is 3.07 bits per heavy atom. The van der Waals surface area contributed by atoms with E-state index in [9.17, 15) is 4.79 Å². The van der Waals surface area contributed by atoms with Gasteiger partial charge in [0.25, 0.3) is 0 Å². The summed E-state index contributed by atoms with van der Waals surface area (Å²) >= 11 is 2.47. The highest BCUT2D eigenvalue weighted by molar-refractivity contribution is 14.1. The van der Waals surface area contributed by atoms with E-state index in [0.29, 0.717) is 6.42 Å². The van der Waals surface area contributed by atoms with Crippen molar-refractivity contribution in [1.29, 1.82) is 0 Å². The fourth-order valence-corrected chi connectivity index (χ4v) is 2.06. The van der Waals surface area contributed by atoms with Gasteiger partial charge in [-0.3, -0.25) is 4.79 Å². The van der Waals surface area contributed by atoms with Crippen LogP contribution in [0.5, 0.6) is 0 Å². The minimum absolute atomic E-state index is 0.185. The van der Waals surface area contributed by atoms with Crippen LogP contribution >= 0.6 is 22.6 Å². The number of alkyl halides is 1. The van der Waals surface area contributed by atoms with Gasteiger partial charge < -0.3 is 5.32 Å². The Kier molecular flexibility index (Phi) is 5.52. The van der Waals surface area contributed by atoms with Crippen LogP contribution in [0.3, 0.4) is 0 Å². The third kappa shape index (κ3) is 4.44. The summed E-state index contributed by atoms with van der Waals surface area (Å²) in [7, 11) is 0. The number of halogens is 1. The van der Waals surface area contributed by atoms with Crippen molar-refractivity contribution in [3.63, 3.8) is 0 Å². The monoisotopic (exact) mass is 307 g/mol. The molecule has 0 heterocycles. The third-order valence-electron chi connectivity index (χ3n) is 2.40. The molecular formula is C11H18INO. The zero-order valence-electron chi connectivity index (χ0n) is 8.68. The second kappa shape index (κ2) is 6.43. The number of rotatable bonds is 4. The molecule has 1 N–H and O–H groups in total. The Labute approximate surface area is 99.7 Å². The predicted molar refractivity (Wildman–Crippen MR) is 67.4 cm³/mol. The minimum atomic E-state index is 0.185. The summed E-state index contributed by atoms with van der Waals surface area (Å²) in [6.07, 6.45) is 8.25. The lowest BCUT2D eigenvalue weighted by molar-refractivity contribution is -0.120. The quantitative estimate of drug-likeness (QED) is 0.627. The van der Waals surface area contributed by atoms with E-state index in [1.807, 2.05) is 0 Å². The maximum Gasteiger partial charge on any atom is 0.224 e. The Morgan fingerprint density at radius 2 is 2.50 bits per heavy atom. The van der Waals surface area contributed by atoms with Gasteiger partial charge in [0.15, 0.2) is 0 Å². The Bertz CT molecular complexity index is 225. The first-order valence-corrected chi connectivity index (χ1v) is 6.60. The van der Waals surface area contributed by atoms with Crippen LogP contribution < -0.4 is 5.32 Å². The standard InChI is InChI=1S/C11H18INO/c1-2-3-4-11(14)13-10-7-5-9(12)6-8-10/h7,9H,2-6,8H2,1H3,(H,13,14). The second-order valence-corrected chi connectivity index (χ2v) is 5.51. The summed E-state index contributed by atoms with van der Waals surface area (Å²) in [6, 6.07) is 0. The molecule has 0 saturated carbocycles. The van der Waals surface area contributed by atoms with E-state index < -0.39 is 0 Å². The molecule has 0 saturated heterocycles. The maximum atomic E-state index is 11.4. The molecule has 14 heavy (non-hydrogen) atoms. The first-order valence-electron chi connectivity index (χ1n) is 5.35. The van der Waals surface area contributed by atoms with E-state index >= 15 is 0 Å². The Hall–Kier alpha value is -0.0600. The van der Waals surface area contributed by atoms with Gasteiger partial charge in [-0.2, -0.15) is 0 Å². The van der Waals surface area contributed by atoms with Crippen molar-refractivity contribution >= 4 is 28.5 Å². The number of amides is 1. The van der Waals surface area contributed by atoms with Crippen LogP contribution in [0.2, 0.25) is 0 Å². The summed E-state index contributed by atoms with van der Waals surface area (Å²) in [5.41, 5.74) is 1.14. The van der Waals surface area contributed by atoms with Gasteiger partial charge in [0.1, 0.15) is 0 Å². The number of hydrogen-bond acceptors (Lipinski definition) is 1. The van der Waals surface area contributed by atoms with Crippen molar-refractivity contribution in [3.05, 3.63) is 11.8 Å². The van der Waals surface area contributed by atoms with Crippen molar-refractivity contribution in [2.24, 2.45) is 0 Å². The average Bonchev–Trinajstić information content (AvgIpc) is 2.18. The van der Waals surface area contributed by atoms with Crippen LogP contribution in [-0.2, 0) is 4.79 Å². The van der Waals surface area contributed by atoms with Gasteiger partial charge in [-0.1, -0.05) is 42.0 Å². The van der Waals surface area contributed by atoms with Crippen molar-refractivity contribution in [1.82, 2.24) is 5.32 Å². The molecule has 0 radical (unpaired) electrons. The minimum Gasteiger partial charge on any atom is -0.330 e. The summed E-state index contributed by atoms with van der Waals surface area (Å²) in [5.74, 6) is 0.185. The van der Waals surface area contributed by atoms with Gasteiger partial charge in [-0.05, 0) is 25.7 Å². The number of hydrogen-bond donors (Lipinski definition) is 1. The summed E-state index contributed by atoms with van der Waals surface area (Å²) in [4.78, 5) is 11.4. The van der Waals surface area contributed by atoms with E-state index in [0.717, 1.165) is 35.3 Å². The number of allylic oxidation sites excluding steroid dienone is 2. The fourth-order valence-electron chi connectivity index (χ4n) is 1.49. The van der Waals surface area contributed by atoms with Crippen LogP contribution in [0.1, 0.15) is 45.4 Å². The number of carbonyl (C=O) groups excluding carboxylic acids is 1. The molecule has 3 heteroatoms. The van der Waals surface area contributed by atoms with Gasteiger partial charge in [-0.25, -0.2) is 0 Å². The number of nitrogens with one attached hydrogen (secondary N) is 1. The SMILES string of the molecule is CCCCC(=O)NC1=CCC(I)CC1. The zero-order chi connectivity index (χ0) is 10.4. The molecule has 0 aromatic carbocycles. The summed E-state index contributed by atoms with van der Waals surface area (Å²) in [5, 5.41) is 2.99. The molecule has 1 rings (SSSR count). The Morgan fingerprint density at radius 1 is 1.71 bits per heavy atom. The lowest BCUT2D eigenvalue weighted by atomic mass is 10.0. The van der Waals surface area contributed by atoms with E-state index in [1.165, 1.54) is 6.42 Å². The molecular weight excluding hydrogens is 289 g/mol. The lowest BCUT2D eigenvalue weighted by Gasteiger charge is -2.17. The molecule has 0 spiro atoms. The molecule has 0 bridgehead atoms. The van der Waals surface area contributed by atoms with Crippen LogP contribution in [0.25, 0.3) is 0 Å². The van der Waals surface area contributed by atoms with E-state index in [2.05, 4.69) is 40.9 Å². The van der Waals surface area contributed by atoms with E-state index in [-0.39, 0.29) is 5.91 Å². The molecule has 0 aliphatic heterocycles. The normalized spacial score (nSPS) is 21.6. The van der Waals surface area contributed by atoms with Crippen LogP contribution in [-0.4, -0.2) is 9.83 Å². The molecule has 0 fully saturated rings.